The third-order valence-electron chi connectivity index (χ3n) is 4.49. The summed E-state index contributed by atoms with van der Waals surface area (Å²) >= 11 is 4.99. The van der Waals surface area contributed by atoms with Crippen molar-refractivity contribution in [3.63, 3.8) is 0 Å². The zero-order valence-corrected chi connectivity index (χ0v) is 14.0. The third-order valence-corrected chi connectivity index (χ3v) is 4.72. The summed E-state index contributed by atoms with van der Waals surface area (Å²) in [6, 6.07) is 8.33. The second-order valence-corrected chi connectivity index (χ2v) is 6.73. The van der Waals surface area contributed by atoms with Gasteiger partial charge >= 0.3 is 0 Å². The number of nitrogens with two attached hydrogens (primary N) is 1. The molecule has 0 bridgehead atoms. The van der Waals surface area contributed by atoms with E-state index in [-0.39, 0.29) is 0 Å². The molecule has 1 saturated heterocycles. The van der Waals surface area contributed by atoms with Crippen LogP contribution in [0.25, 0.3) is 0 Å². The number of hydrogen-bond donors (Lipinski definition) is 1. The van der Waals surface area contributed by atoms with Crippen LogP contribution in [0.5, 0.6) is 5.75 Å². The minimum Gasteiger partial charge on any atom is -0.492 e. The molecule has 1 aliphatic rings. The summed E-state index contributed by atoms with van der Waals surface area (Å²) in [6.45, 7) is 9.84. The van der Waals surface area contributed by atoms with Gasteiger partial charge in [-0.25, -0.2) is 0 Å². The molecule has 3 nitrogen and oxygen atoms in total. The van der Waals surface area contributed by atoms with Crippen molar-refractivity contribution in [2.45, 2.75) is 33.2 Å². The van der Waals surface area contributed by atoms with Gasteiger partial charge in [0.15, 0.2) is 0 Å². The Morgan fingerprint density at radius 3 is 2.86 bits per heavy atom. The van der Waals surface area contributed by atoms with Crippen LogP contribution < -0.4 is 10.5 Å². The second kappa shape index (κ2) is 7.23. The smallest absolute Gasteiger partial charge is 0.120 e. The molecule has 1 aliphatic heterocycles. The zero-order valence-electron chi connectivity index (χ0n) is 13.2. The van der Waals surface area contributed by atoms with Crippen LogP contribution in [0.1, 0.15) is 32.8 Å². The van der Waals surface area contributed by atoms with Crippen molar-refractivity contribution in [3.8, 4) is 5.75 Å². The fraction of sp³-hybridized carbons (Fsp3) is 0.588. The summed E-state index contributed by atoms with van der Waals surface area (Å²) < 4.78 is 5.86. The van der Waals surface area contributed by atoms with E-state index in [0.717, 1.165) is 29.7 Å². The summed E-state index contributed by atoms with van der Waals surface area (Å²) in [4.78, 5) is 2.95. The highest BCUT2D eigenvalue weighted by molar-refractivity contribution is 7.80. The molecule has 1 aromatic carbocycles. The number of likely N-dealkylation sites (tertiary alicyclic amines) is 1. The van der Waals surface area contributed by atoms with Crippen molar-refractivity contribution in [2.75, 3.05) is 19.7 Å². The predicted octanol–water partition coefficient (Wildman–Crippen LogP) is 3.07. The van der Waals surface area contributed by atoms with Gasteiger partial charge in [0, 0.05) is 24.7 Å². The van der Waals surface area contributed by atoms with E-state index in [9.17, 15) is 0 Å². The summed E-state index contributed by atoms with van der Waals surface area (Å²) in [5, 5.41) is 0. The first kappa shape index (κ1) is 16.2. The molecular weight excluding hydrogens is 280 g/mol. The maximum atomic E-state index is 5.86. The van der Waals surface area contributed by atoms with E-state index in [2.05, 4.69) is 25.7 Å². The monoisotopic (exact) mass is 306 g/mol. The van der Waals surface area contributed by atoms with Crippen LogP contribution in [0.2, 0.25) is 0 Å². The molecule has 0 aromatic heterocycles. The fourth-order valence-corrected chi connectivity index (χ4v) is 3.27. The van der Waals surface area contributed by atoms with Crippen LogP contribution in [0.3, 0.4) is 0 Å². The van der Waals surface area contributed by atoms with Gasteiger partial charge in [-0.05, 0) is 37.3 Å². The number of piperidine rings is 1. The number of thiocarbonyl (C=S) groups is 1. The van der Waals surface area contributed by atoms with Crippen LogP contribution in [0.4, 0.5) is 0 Å². The molecule has 2 rings (SSSR count). The summed E-state index contributed by atoms with van der Waals surface area (Å²) in [5.74, 6) is 2.37. The van der Waals surface area contributed by atoms with E-state index in [0.29, 0.717) is 17.6 Å². The molecular formula is C17H26N2OS. The molecule has 0 saturated carbocycles. The molecule has 0 radical (unpaired) electrons. The molecule has 116 valence electrons. The number of hydrogen-bond acceptors (Lipinski definition) is 3. The minimum atomic E-state index is 0.410. The first-order chi connectivity index (χ1) is 9.97. The van der Waals surface area contributed by atoms with Crippen molar-refractivity contribution in [3.05, 3.63) is 29.8 Å². The molecule has 4 heteroatoms. The Morgan fingerprint density at radius 1 is 1.38 bits per heavy atom. The molecule has 0 aliphatic carbocycles. The van der Waals surface area contributed by atoms with Gasteiger partial charge in [0.25, 0.3) is 0 Å². The Kier molecular flexibility index (Phi) is 5.59. The minimum absolute atomic E-state index is 0.410. The molecule has 0 spiro atoms. The van der Waals surface area contributed by atoms with E-state index in [4.69, 9.17) is 22.7 Å². The first-order valence-electron chi connectivity index (χ1n) is 7.74. The van der Waals surface area contributed by atoms with Crippen LogP contribution in [0.15, 0.2) is 24.3 Å². The van der Waals surface area contributed by atoms with Gasteiger partial charge in [0.05, 0.1) is 0 Å². The highest BCUT2D eigenvalue weighted by Crippen LogP contribution is 2.26. The molecule has 3 unspecified atom stereocenters. The van der Waals surface area contributed by atoms with Crippen LogP contribution >= 0.6 is 12.2 Å². The summed E-state index contributed by atoms with van der Waals surface area (Å²) in [6.07, 6.45) is 1.33. The Hall–Kier alpha value is -1.13. The maximum Gasteiger partial charge on any atom is 0.120 e. The van der Waals surface area contributed by atoms with Gasteiger partial charge in [0.1, 0.15) is 17.3 Å². The van der Waals surface area contributed by atoms with Gasteiger partial charge < -0.3 is 10.5 Å². The van der Waals surface area contributed by atoms with Crippen molar-refractivity contribution in [1.29, 1.82) is 0 Å². The third kappa shape index (κ3) is 4.42. The lowest BCUT2D eigenvalue weighted by molar-refractivity contribution is 0.0665. The molecule has 21 heavy (non-hydrogen) atoms. The lowest BCUT2D eigenvalue weighted by atomic mass is 9.86. The topological polar surface area (TPSA) is 38.5 Å². The number of benzene rings is 1. The normalized spacial score (nSPS) is 26.5. The Morgan fingerprint density at radius 2 is 2.14 bits per heavy atom. The van der Waals surface area contributed by atoms with E-state index in [1.165, 1.54) is 13.0 Å². The summed E-state index contributed by atoms with van der Waals surface area (Å²) in [5.41, 5.74) is 6.50. The lowest BCUT2D eigenvalue weighted by Crippen LogP contribution is -2.47. The fourth-order valence-electron chi connectivity index (χ4n) is 3.15. The highest BCUT2D eigenvalue weighted by Gasteiger charge is 2.28. The molecule has 3 atom stereocenters. The SMILES string of the molecule is CC1CC(C)C(C)N(CCOc2cccc(C(N)=S)c2)C1. The van der Waals surface area contributed by atoms with E-state index in [1.807, 2.05) is 24.3 Å². The Balaban J connectivity index is 1.86. The van der Waals surface area contributed by atoms with Crippen molar-refractivity contribution >= 4 is 17.2 Å². The Bertz CT molecular complexity index is 491. The van der Waals surface area contributed by atoms with Crippen LogP contribution in [-0.2, 0) is 0 Å². The lowest BCUT2D eigenvalue weighted by Gasteiger charge is -2.41. The van der Waals surface area contributed by atoms with Crippen molar-refractivity contribution < 1.29 is 4.74 Å². The largest absolute Gasteiger partial charge is 0.492 e. The number of rotatable bonds is 5. The molecule has 1 aromatic rings. The molecule has 2 N–H and O–H groups in total. The first-order valence-corrected chi connectivity index (χ1v) is 8.15. The number of nitrogens with zero attached hydrogens (tertiary/aromatic N) is 1. The van der Waals surface area contributed by atoms with Crippen LogP contribution in [0, 0.1) is 11.8 Å². The number of ether oxygens (including phenoxy) is 1. The van der Waals surface area contributed by atoms with Gasteiger partial charge in [-0.15, -0.1) is 0 Å². The highest BCUT2D eigenvalue weighted by atomic mass is 32.1. The quantitative estimate of drug-likeness (QED) is 0.849. The van der Waals surface area contributed by atoms with Gasteiger partial charge in [-0.1, -0.05) is 38.2 Å². The van der Waals surface area contributed by atoms with Crippen LogP contribution in [-0.4, -0.2) is 35.6 Å². The van der Waals surface area contributed by atoms with Crippen molar-refractivity contribution in [1.82, 2.24) is 4.90 Å². The zero-order chi connectivity index (χ0) is 15.4. The van der Waals surface area contributed by atoms with Gasteiger partial charge in [0.2, 0.25) is 0 Å². The molecule has 0 amide bonds. The van der Waals surface area contributed by atoms with Gasteiger partial charge in [-0.2, -0.15) is 0 Å². The second-order valence-electron chi connectivity index (χ2n) is 6.29. The predicted molar refractivity (Wildman–Crippen MR) is 91.8 cm³/mol. The van der Waals surface area contributed by atoms with E-state index in [1.54, 1.807) is 0 Å². The average Bonchev–Trinajstić information content (AvgIpc) is 2.44. The summed E-state index contributed by atoms with van der Waals surface area (Å²) in [7, 11) is 0. The Labute approximate surface area is 133 Å². The average molecular weight is 306 g/mol. The van der Waals surface area contributed by atoms with Gasteiger partial charge in [-0.3, -0.25) is 4.90 Å². The molecule has 1 fully saturated rings. The standard InChI is InChI=1S/C17H26N2OS/c1-12-9-13(2)14(3)19(11-12)7-8-20-16-6-4-5-15(10-16)17(18)21/h4-6,10,12-14H,7-9,11H2,1-3H3,(H2,18,21). The maximum absolute atomic E-state index is 5.86. The van der Waals surface area contributed by atoms with E-state index >= 15 is 0 Å². The van der Waals surface area contributed by atoms with Crippen molar-refractivity contribution in [2.24, 2.45) is 17.6 Å². The van der Waals surface area contributed by atoms with E-state index < -0.39 is 0 Å². The molecule has 1 heterocycles.